The van der Waals surface area contributed by atoms with Crippen LogP contribution in [0.25, 0.3) is 6.08 Å². The number of amides is 2. The van der Waals surface area contributed by atoms with Crippen molar-refractivity contribution in [3.05, 3.63) is 88.3 Å². The summed E-state index contributed by atoms with van der Waals surface area (Å²) in [7, 11) is 0. The van der Waals surface area contributed by atoms with Crippen molar-refractivity contribution in [1.29, 1.82) is 0 Å². The summed E-state index contributed by atoms with van der Waals surface area (Å²) in [6, 6.07) is 20.2. The van der Waals surface area contributed by atoms with E-state index in [1.165, 1.54) is 11.8 Å². The Kier molecular flexibility index (Phi) is 8.07. The summed E-state index contributed by atoms with van der Waals surface area (Å²) in [5.74, 6) is 0.897. The van der Waals surface area contributed by atoms with Crippen LogP contribution in [0, 0.1) is 13.8 Å². The van der Waals surface area contributed by atoms with Crippen molar-refractivity contribution in [2.24, 2.45) is 0 Å². The number of thiocarbonyl (C=S) groups is 1. The minimum atomic E-state index is -0.266. The van der Waals surface area contributed by atoms with Crippen LogP contribution in [0.15, 0.2) is 71.6 Å². The van der Waals surface area contributed by atoms with Crippen molar-refractivity contribution in [2.75, 3.05) is 23.4 Å². The normalized spacial score (nSPS) is 14.3. The molecule has 1 N–H and O–H groups in total. The quantitative estimate of drug-likeness (QED) is 0.286. The molecule has 0 spiro atoms. The number of carbonyl (C=O) groups excluding carboxylic acids is 2. The smallest absolute Gasteiger partial charge is 0.270 e. The summed E-state index contributed by atoms with van der Waals surface area (Å²) >= 11 is 6.76. The standard InChI is InChI=1S/C28H26N2O4S2/c1-4-33-23-13-8-21(9-14-23)29-26(31)17-34-24-11-6-20(7-12-24)16-25-27(32)30(28(35)36-25)22-10-5-18(2)19(3)15-22/h5-16H,4,17H2,1-3H3,(H,29,31)/b25-16-. The average molecular weight is 519 g/mol. The fraction of sp³-hybridized carbons (Fsp3) is 0.179. The molecule has 184 valence electrons. The number of ether oxygens (including phenoxy) is 2. The molecule has 6 nitrogen and oxygen atoms in total. The molecule has 8 heteroatoms. The maximum absolute atomic E-state index is 13.0. The fourth-order valence-corrected chi connectivity index (χ4v) is 4.81. The summed E-state index contributed by atoms with van der Waals surface area (Å²) < 4.78 is 11.5. The Bertz CT molecular complexity index is 1320. The Labute approximate surface area is 220 Å². The van der Waals surface area contributed by atoms with Gasteiger partial charge >= 0.3 is 0 Å². The summed E-state index contributed by atoms with van der Waals surface area (Å²) in [5, 5.41) is 2.79. The zero-order valence-corrected chi connectivity index (χ0v) is 21.9. The van der Waals surface area contributed by atoms with Gasteiger partial charge in [0.25, 0.3) is 11.8 Å². The van der Waals surface area contributed by atoms with Crippen molar-refractivity contribution in [2.45, 2.75) is 20.8 Å². The molecule has 0 aliphatic carbocycles. The highest BCUT2D eigenvalue weighted by Gasteiger charge is 2.33. The Hall–Kier alpha value is -3.62. The second-order valence-electron chi connectivity index (χ2n) is 8.15. The lowest BCUT2D eigenvalue weighted by Gasteiger charge is -2.15. The molecule has 0 bridgehead atoms. The average Bonchev–Trinajstić information content (AvgIpc) is 3.14. The first-order chi connectivity index (χ1) is 17.3. The van der Waals surface area contributed by atoms with Crippen LogP contribution < -0.4 is 19.7 Å². The highest BCUT2D eigenvalue weighted by molar-refractivity contribution is 8.27. The fourth-order valence-electron chi connectivity index (χ4n) is 3.51. The van der Waals surface area contributed by atoms with Gasteiger partial charge in [0.05, 0.1) is 17.2 Å². The Morgan fingerprint density at radius 2 is 1.64 bits per heavy atom. The maximum atomic E-state index is 13.0. The van der Waals surface area contributed by atoms with E-state index in [0.29, 0.717) is 27.3 Å². The van der Waals surface area contributed by atoms with Crippen LogP contribution in [0.4, 0.5) is 11.4 Å². The Balaban J connectivity index is 1.34. The number of benzene rings is 3. The predicted molar refractivity (Wildman–Crippen MR) is 150 cm³/mol. The number of carbonyl (C=O) groups is 2. The van der Waals surface area contributed by atoms with Gasteiger partial charge in [-0.15, -0.1) is 0 Å². The summed E-state index contributed by atoms with van der Waals surface area (Å²) in [6.07, 6.45) is 1.81. The van der Waals surface area contributed by atoms with E-state index in [2.05, 4.69) is 5.32 Å². The first kappa shape index (κ1) is 25.5. The largest absolute Gasteiger partial charge is 0.494 e. The molecule has 1 aliphatic rings. The zero-order valence-electron chi connectivity index (χ0n) is 20.2. The van der Waals surface area contributed by atoms with E-state index >= 15 is 0 Å². The number of rotatable bonds is 8. The maximum Gasteiger partial charge on any atom is 0.270 e. The molecule has 0 aromatic heterocycles. The number of thioether (sulfide) groups is 1. The van der Waals surface area contributed by atoms with Crippen LogP contribution in [0.2, 0.25) is 0 Å². The third-order valence-corrected chi connectivity index (χ3v) is 6.84. The third-order valence-electron chi connectivity index (χ3n) is 5.54. The van der Waals surface area contributed by atoms with Gasteiger partial charge < -0.3 is 14.8 Å². The van der Waals surface area contributed by atoms with E-state index in [9.17, 15) is 9.59 Å². The van der Waals surface area contributed by atoms with E-state index in [1.54, 1.807) is 41.3 Å². The van der Waals surface area contributed by atoms with Gasteiger partial charge in [0, 0.05) is 5.69 Å². The molecule has 4 rings (SSSR count). The first-order valence-electron chi connectivity index (χ1n) is 11.4. The number of aryl methyl sites for hydroxylation is 2. The molecule has 1 saturated heterocycles. The molecule has 1 fully saturated rings. The molecule has 0 atom stereocenters. The first-order valence-corrected chi connectivity index (χ1v) is 12.7. The van der Waals surface area contributed by atoms with E-state index in [1.807, 2.05) is 57.2 Å². The topological polar surface area (TPSA) is 67.9 Å². The Morgan fingerprint density at radius 3 is 2.31 bits per heavy atom. The SMILES string of the molecule is CCOc1ccc(NC(=O)COc2ccc(/C=C3\SC(=S)N(c4ccc(C)c(C)c4)C3=O)cc2)cc1. The lowest BCUT2D eigenvalue weighted by molar-refractivity contribution is -0.118. The number of anilines is 2. The molecule has 1 aliphatic heterocycles. The molecule has 3 aromatic rings. The van der Waals surface area contributed by atoms with Gasteiger partial charge in [-0.2, -0.15) is 0 Å². The minimum Gasteiger partial charge on any atom is -0.494 e. The number of nitrogens with zero attached hydrogens (tertiary/aromatic N) is 1. The van der Waals surface area contributed by atoms with Gasteiger partial charge in [0.15, 0.2) is 10.9 Å². The lowest BCUT2D eigenvalue weighted by Crippen LogP contribution is -2.27. The molecular formula is C28H26N2O4S2. The monoisotopic (exact) mass is 518 g/mol. The van der Waals surface area contributed by atoms with Crippen molar-refractivity contribution in [3.63, 3.8) is 0 Å². The van der Waals surface area contributed by atoms with Crippen LogP contribution in [-0.2, 0) is 9.59 Å². The summed E-state index contributed by atoms with van der Waals surface area (Å²) in [6.45, 7) is 6.43. The van der Waals surface area contributed by atoms with Crippen LogP contribution >= 0.6 is 24.0 Å². The molecule has 0 saturated carbocycles. The minimum absolute atomic E-state index is 0.124. The van der Waals surface area contributed by atoms with Crippen molar-refractivity contribution < 1.29 is 19.1 Å². The molecule has 1 heterocycles. The van der Waals surface area contributed by atoms with Gasteiger partial charge in [-0.05, 0) is 92.1 Å². The van der Waals surface area contributed by atoms with E-state index in [-0.39, 0.29) is 18.4 Å². The number of nitrogens with one attached hydrogen (secondary N) is 1. The third kappa shape index (κ3) is 6.13. The molecule has 0 radical (unpaired) electrons. The van der Waals surface area contributed by atoms with Crippen LogP contribution in [-0.4, -0.2) is 29.3 Å². The van der Waals surface area contributed by atoms with E-state index in [0.717, 1.165) is 28.1 Å². The van der Waals surface area contributed by atoms with E-state index < -0.39 is 0 Å². The van der Waals surface area contributed by atoms with Crippen molar-refractivity contribution in [1.82, 2.24) is 0 Å². The molecule has 36 heavy (non-hydrogen) atoms. The molecule has 3 aromatic carbocycles. The number of hydrogen-bond donors (Lipinski definition) is 1. The van der Waals surface area contributed by atoms with E-state index in [4.69, 9.17) is 21.7 Å². The van der Waals surface area contributed by atoms with Crippen LogP contribution in [0.3, 0.4) is 0 Å². The zero-order chi connectivity index (χ0) is 25.7. The Morgan fingerprint density at radius 1 is 0.972 bits per heavy atom. The number of hydrogen-bond acceptors (Lipinski definition) is 6. The molecule has 2 amide bonds. The van der Waals surface area contributed by atoms with Gasteiger partial charge in [-0.1, -0.05) is 42.2 Å². The second-order valence-corrected chi connectivity index (χ2v) is 9.82. The van der Waals surface area contributed by atoms with Crippen molar-refractivity contribution >= 4 is 57.6 Å². The van der Waals surface area contributed by atoms with Gasteiger partial charge in [-0.25, -0.2) is 0 Å². The summed E-state index contributed by atoms with van der Waals surface area (Å²) in [4.78, 5) is 27.4. The van der Waals surface area contributed by atoms with Crippen LogP contribution in [0.1, 0.15) is 23.6 Å². The second kappa shape index (κ2) is 11.4. The molecule has 0 unspecified atom stereocenters. The highest BCUT2D eigenvalue weighted by atomic mass is 32.2. The predicted octanol–water partition coefficient (Wildman–Crippen LogP) is 6.13. The van der Waals surface area contributed by atoms with Gasteiger partial charge in [-0.3, -0.25) is 14.5 Å². The van der Waals surface area contributed by atoms with Crippen molar-refractivity contribution in [3.8, 4) is 11.5 Å². The van der Waals surface area contributed by atoms with Gasteiger partial charge in [0.2, 0.25) is 0 Å². The highest BCUT2D eigenvalue weighted by Crippen LogP contribution is 2.36. The van der Waals surface area contributed by atoms with Gasteiger partial charge in [0.1, 0.15) is 11.5 Å². The van der Waals surface area contributed by atoms with Crippen LogP contribution in [0.5, 0.6) is 11.5 Å². The molecular weight excluding hydrogens is 492 g/mol. The lowest BCUT2D eigenvalue weighted by atomic mass is 10.1. The summed E-state index contributed by atoms with van der Waals surface area (Å²) in [5.41, 5.74) is 4.54.